The number of carbonyl (C=O) groups excluding carboxylic acids is 2. The minimum absolute atomic E-state index is 0.239. The Morgan fingerprint density at radius 2 is 1.72 bits per heavy atom. The van der Waals surface area contributed by atoms with Crippen molar-refractivity contribution < 1.29 is 19.4 Å². The summed E-state index contributed by atoms with van der Waals surface area (Å²) in [7, 11) is 0. The van der Waals surface area contributed by atoms with Gasteiger partial charge < -0.3 is 15.2 Å². The molecule has 0 heterocycles. The summed E-state index contributed by atoms with van der Waals surface area (Å²) in [6.45, 7) is 1.40. The van der Waals surface area contributed by atoms with Gasteiger partial charge >= 0.3 is 0 Å². The van der Waals surface area contributed by atoms with Crippen molar-refractivity contribution in [2.45, 2.75) is 13.0 Å². The number of rotatable bonds is 7. The lowest BCUT2D eigenvalue weighted by Gasteiger charge is -2.12. The van der Waals surface area contributed by atoms with Gasteiger partial charge in [-0.3, -0.25) is 9.59 Å². The van der Waals surface area contributed by atoms with Crippen molar-refractivity contribution >= 4 is 29.0 Å². The van der Waals surface area contributed by atoms with E-state index in [1.165, 1.54) is 6.07 Å². The second-order valence-corrected chi connectivity index (χ2v) is 6.91. The quantitative estimate of drug-likeness (QED) is 0.557. The van der Waals surface area contributed by atoms with Gasteiger partial charge in [0.05, 0.1) is 11.7 Å². The highest BCUT2D eigenvalue weighted by atomic mass is 35.5. The summed E-state index contributed by atoms with van der Waals surface area (Å²) in [5, 5.41) is 12.7. The van der Waals surface area contributed by atoms with Gasteiger partial charge in [-0.05, 0) is 42.8 Å². The van der Waals surface area contributed by atoms with E-state index in [-0.39, 0.29) is 29.6 Å². The van der Waals surface area contributed by atoms with Crippen LogP contribution in [0.25, 0.3) is 0 Å². The molecular formula is C23H20ClNO4. The van der Waals surface area contributed by atoms with Gasteiger partial charge in [0.1, 0.15) is 5.75 Å². The lowest BCUT2D eigenvalue weighted by molar-refractivity contribution is -0.118. The molecule has 0 spiro atoms. The zero-order chi connectivity index (χ0) is 20.8. The number of carbonyl (C=O) groups is 2. The SMILES string of the molecule is CC(O)c1ccc(NC(=O)COc2ccc(Cl)cc2C(=O)c2ccccc2)cc1. The Labute approximate surface area is 173 Å². The smallest absolute Gasteiger partial charge is 0.262 e. The van der Waals surface area contributed by atoms with Crippen molar-refractivity contribution in [1.82, 2.24) is 0 Å². The molecular weight excluding hydrogens is 390 g/mol. The first kappa shape index (κ1) is 20.6. The third-order valence-electron chi connectivity index (χ3n) is 4.26. The maximum atomic E-state index is 12.8. The molecule has 148 valence electrons. The summed E-state index contributed by atoms with van der Waals surface area (Å²) in [6, 6.07) is 20.3. The molecule has 0 fully saturated rings. The zero-order valence-electron chi connectivity index (χ0n) is 15.8. The van der Waals surface area contributed by atoms with Crippen LogP contribution < -0.4 is 10.1 Å². The molecule has 0 radical (unpaired) electrons. The Morgan fingerprint density at radius 3 is 2.38 bits per heavy atom. The van der Waals surface area contributed by atoms with Crippen LogP contribution in [0.2, 0.25) is 5.02 Å². The Balaban J connectivity index is 1.68. The van der Waals surface area contributed by atoms with Gasteiger partial charge in [-0.25, -0.2) is 0 Å². The standard InChI is InChI=1S/C23H20ClNO4/c1-15(26)16-7-10-19(11-8-16)25-22(27)14-29-21-12-9-18(24)13-20(21)23(28)17-5-3-2-4-6-17/h2-13,15,26H,14H2,1H3,(H,25,27). The number of benzene rings is 3. The van der Waals surface area contributed by atoms with E-state index >= 15 is 0 Å². The minimum atomic E-state index is -0.575. The van der Waals surface area contributed by atoms with Gasteiger partial charge in [0.25, 0.3) is 5.91 Å². The lowest BCUT2D eigenvalue weighted by Crippen LogP contribution is -2.21. The number of anilines is 1. The van der Waals surface area contributed by atoms with Crippen molar-refractivity contribution in [1.29, 1.82) is 0 Å². The van der Waals surface area contributed by atoms with E-state index < -0.39 is 6.10 Å². The summed E-state index contributed by atoms with van der Waals surface area (Å²) >= 11 is 6.05. The average molecular weight is 410 g/mol. The minimum Gasteiger partial charge on any atom is -0.483 e. The first-order chi connectivity index (χ1) is 13.9. The molecule has 3 aromatic rings. The van der Waals surface area contributed by atoms with E-state index in [0.29, 0.717) is 16.3 Å². The predicted octanol–water partition coefficient (Wildman–Crippen LogP) is 4.64. The monoisotopic (exact) mass is 409 g/mol. The molecule has 3 aromatic carbocycles. The third-order valence-corrected chi connectivity index (χ3v) is 4.49. The van der Waals surface area contributed by atoms with E-state index in [4.69, 9.17) is 16.3 Å². The molecule has 2 N–H and O–H groups in total. The number of nitrogens with one attached hydrogen (secondary N) is 1. The molecule has 6 heteroatoms. The van der Waals surface area contributed by atoms with Crippen LogP contribution >= 0.6 is 11.6 Å². The fourth-order valence-corrected chi connectivity index (χ4v) is 2.91. The Morgan fingerprint density at radius 1 is 1.03 bits per heavy atom. The maximum absolute atomic E-state index is 12.8. The first-order valence-corrected chi connectivity index (χ1v) is 9.42. The number of ketones is 1. The van der Waals surface area contributed by atoms with Gasteiger partial charge in [0, 0.05) is 16.3 Å². The van der Waals surface area contributed by atoms with Gasteiger partial charge in [-0.15, -0.1) is 0 Å². The second kappa shape index (κ2) is 9.37. The summed E-state index contributed by atoms with van der Waals surface area (Å²) < 4.78 is 5.60. The van der Waals surface area contributed by atoms with Crippen LogP contribution in [0.1, 0.15) is 34.5 Å². The third kappa shape index (κ3) is 5.44. The summed E-state index contributed by atoms with van der Waals surface area (Å²) in [6.07, 6.45) is -0.575. The summed E-state index contributed by atoms with van der Waals surface area (Å²) in [5.74, 6) is -0.331. The molecule has 1 atom stereocenters. The van der Waals surface area contributed by atoms with Crippen molar-refractivity contribution in [3.63, 3.8) is 0 Å². The van der Waals surface area contributed by atoms with Crippen LogP contribution in [0.4, 0.5) is 5.69 Å². The van der Waals surface area contributed by atoms with Crippen molar-refractivity contribution in [3.05, 3.63) is 94.5 Å². The Bertz CT molecular complexity index is 1000. The molecule has 0 bridgehead atoms. The van der Waals surface area contributed by atoms with Gasteiger partial charge in [-0.2, -0.15) is 0 Å². The van der Waals surface area contributed by atoms with Crippen molar-refractivity contribution in [2.75, 3.05) is 11.9 Å². The fourth-order valence-electron chi connectivity index (χ4n) is 2.74. The molecule has 0 saturated heterocycles. The average Bonchev–Trinajstić information content (AvgIpc) is 2.73. The van der Waals surface area contributed by atoms with E-state index in [1.54, 1.807) is 67.6 Å². The van der Waals surface area contributed by atoms with Crippen LogP contribution in [-0.2, 0) is 4.79 Å². The van der Waals surface area contributed by atoms with E-state index in [1.807, 2.05) is 6.07 Å². The van der Waals surface area contributed by atoms with Crippen LogP contribution in [0.5, 0.6) is 5.75 Å². The highest BCUT2D eigenvalue weighted by Gasteiger charge is 2.16. The Hall–Kier alpha value is -3.15. The number of amides is 1. The topological polar surface area (TPSA) is 75.6 Å². The summed E-state index contributed by atoms with van der Waals surface area (Å²) in [4.78, 5) is 25.0. The molecule has 1 unspecified atom stereocenters. The van der Waals surface area contributed by atoms with Crippen molar-refractivity contribution in [3.8, 4) is 5.75 Å². The van der Waals surface area contributed by atoms with Crippen LogP contribution in [0.3, 0.4) is 0 Å². The summed E-state index contributed by atoms with van der Waals surface area (Å²) in [5.41, 5.74) is 2.13. The molecule has 0 aliphatic heterocycles. The fraction of sp³-hybridized carbons (Fsp3) is 0.130. The highest BCUT2D eigenvalue weighted by Crippen LogP contribution is 2.26. The number of hydrogen-bond donors (Lipinski definition) is 2. The largest absolute Gasteiger partial charge is 0.483 e. The first-order valence-electron chi connectivity index (χ1n) is 9.04. The normalized spacial score (nSPS) is 11.6. The number of aliphatic hydroxyl groups excluding tert-OH is 1. The van der Waals surface area contributed by atoms with Crippen LogP contribution in [-0.4, -0.2) is 23.4 Å². The van der Waals surface area contributed by atoms with Gasteiger partial charge in [0.15, 0.2) is 12.4 Å². The molecule has 0 saturated carbocycles. The molecule has 0 aliphatic carbocycles. The van der Waals surface area contributed by atoms with E-state index in [2.05, 4.69) is 5.32 Å². The zero-order valence-corrected chi connectivity index (χ0v) is 16.5. The number of aliphatic hydroxyl groups is 1. The van der Waals surface area contributed by atoms with E-state index in [9.17, 15) is 14.7 Å². The van der Waals surface area contributed by atoms with E-state index in [0.717, 1.165) is 5.56 Å². The van der Waals surface area contributed by atoms with Crippen LogP contribution in [0, 0.1) is 0 Å². The second-order valence-electron chi connectivity index (χ2n) is 6.47. The van der Waals surface area contributed by atoms with Crippen molar-refractivity contribution in [2.24, 2.45) is 0 Å². The lowest BCUT2D eigenvalue weighted by atomic mass is 10.0. The number of hydrogen-bond acceptors (Lipinski definition) is 4. The Kier molecular flexibility index (Phi) is 6.65. The molecule has 3 rings (SSSR count). The molecule has 5 nitrogen and oxygen atoms in total. The number of halogens is 1. The molecule has 1 amide bonds. The number of ether oxygens (including phenoxy) is 1. The van der Waals surface area contributed by atoms with Gasteiger partial charge in [0.2, 0.25) is 0 Å². The van der Waals surface area contributed by atoms with Gasteiger partial charge in [-0.1, -0.05) is 54.1 Å². The molecule has 29 heavy (non-hydrogen) atoms. The predicted molar refractivity (Wildman–Crippen MR) is 113 cm³/mol. The molecule has 0 aromatic heterocycles. The van der Waals surface area contributed by atoms with Crippen LogP contribution in [0.15, 0.2) is 72.8 Å². The maximum Gasteiger partial charge on any atom is 0.262 e. The molecule has 0 aliphatic rings. The highest BCUT2D eigenvalue weighted by molar-refractivity contribution is 6.31.